The molecule has 0 aliphatic heterocycles. The molecule has 2 aromatic heterocycles. The highest BCUT2D eigenvalue weighted by Crippen LogP contribution is 2.24. The summed E-state index contributed by atoms with van der Waals surface area (Å²) < 4.78 is 15.1. The van der Waals surface area contributed by atoms with E-state index >= 15 is 0 Å². The smallest absolute Gasteiger partial charge is 0.252 e. The second-order valence-electron chi connectivity index (χ2n) is 5.98. The number of aromatic nitrogens is 2. The van der Waals surface area contributed by atoms with Crippen molar-refractivity contribution in [3.8, 4) is 16.9 Å². The number of nitrogens with one attached hydrogen (secondary N) is 1. The number of nitrogens with zero attached hydrogens (tertiary/aromatic N) is 2. The van der Waals surface area contributed by atoms with Crippen molar-refractivity contribution in [3.63, 3.8) is 0 Å². The Kier molecular flexibility index (Phi) is 4.80. The number of rotatable bonds is 5. The minimum Gasteiger partial charge on any atom is -0.348 e. The summed E-state index contributed by atoms with van der Waals surface area (Å²) in [6, 6.07) is 17.7. The maximum Gasteiger partial charge on any atom is 0.252 e. The number of para-hydroxylation sites is 1. The molecule has 0 atom stereocenters. The molecule has 0 radical (unpaired) electrons. The van der Waals surface area contributed by atoms with Crippen LogP contribution < -0.4 is 5.32 Å². The summed E-state index contributed by atoms with van der Waals surface area (Å²) in [7, 11) is 0. The van der Waals surface area contributed by atoms with Gasteiger partial charge in [0.1, 0.15) is 5.82 Å². The van der Waals surface area contributed by atoms with Gasteiger partial charge in [-0.05, 0) is 47.8 Å². The molecule has 0 aliphatic carbocycles. The van der Waals surface area contributed by atoms with Gasteiger partial charge in [0.05, 0.1) is 11.4 Å². The van der Waals surface area contributed by atoms with Crippen molar-refractivity contribution in [3.05, 3.63) is 94.6 Å². The monoisotopic (exact) mass is 377 g/mol. The molecule has 6 heteroatoms. The lowest BCUT2D eigenvalue weighted by Crippen LogP contribution is -2.22. The summed E-state index contributed by atoms with van der Waals surface area (Å²) in [4.78, 5) is 12.3. The molecule has 134 valence electrons. The van der Waals surface area contributed by atoms with Crippen LogP contribution in [0.15, 0.2) is 77.6 Å². The number of carbonyl (C=O) groups excluding carboxylic acids is 1. The first-order valence-corrected chi connectivity index (χ1v) is 9.35. The standard InChI is InChI=1S/C21H16FN3OS/c22-18-8-6-15(7-9-18)20-17(12-23-21(26)16-10-11-27-14-16)13-25(24-20)19-4-2-1-3-5-19/h1-11,13-14H,12H2,(H,23,26). The third-order valence-corrected chi connectivity index (χ3v) is 4.83. The number of carbonyl (C=O) groups is 1. The number of thiophene rings is 1. The molecule has 0 fully saturated rings. The Bertz CT molecular complexity index is 1040. The van der Waals surface area contributed by atoms with Crippen molar-refractivity contribution >= 4 is 17.2 Å². The van der Waals surface area contributed by atoms with Gasteiger partial charge in [-0.2, -0.15) is 16.4 Å². The molecule has 0 aliphatic rings. The van der Waals surface area contributed by atoms with Crippen molar-refractivity contribution in [2.24, 2.45) is 0 Å². The molecule has 1 amide bonds. The fraction of sp³-hybridized carbons (Fsp3) is 0.0476. The van der Waals surface area contributed by atoms with Crippen molar-refractivity contribution in [2.45, 2.75) is 6.54 Å². The minimum absolute atomic E-state index is 0.131. The Labute approximate surface area is 159 Å². The van der Waals surface area contributed by atoms with E-state index in [9.17, 15) is 9.18 Å². The van der Waals surface area contributed by atoms with Crippen molar-refractivity contribution in [1.82, 2.24) is 15.1 Å². The van der Waals surface area contributed by atoms with Crippen LogP contribution in [0.1, 0.15) is 15.9 Å². The van der Waals surface area contributed by atoms with E-state index in [1.807, 2.05) is 47.3 Å². The normalized spacial score (nSPS) is 10.7. The average Bonchev–Trinajstić information content (AvgIpc) is 3.38. The summed E-state index contributed by atoms with van der Waals surface area (Å²) in [6.45, 7) is 0.328. The van der Waals surface area contributed by atoms with Gasteiger partial charge in [-0.3, -0.25) is 4.79 Å². The van der Waals surface area contributed by atoms with Gasteiger partial charge in [0.25, 0.3) is 5.91 Å². The van der Waals surface area contributed by atoms with E-state index in [2.05, 4.69) is 10.4 Å². The first-order chi connectivity index (χ1) is 13.2. The zero-order chi connectivity index (χ0) is 18.6. The average molecular weight is 377 g/mol. The lowest BCUT2D eigenvalue weighted by Gasteiger charge is -2.04. The van der Waals surface area contributed by atoms with Gasteiger partial charge in [0, 0.05) is 34.8 Å². The van der Waals surface area contributed by atoms with Gasteiger partial charge < -0.3 is 5.32 Å². The molecule has 0 unspecified atom stereocenters. The molecular weight excluding hydrogens is 361 g/mol. The summed E-state index contributed by atoms with van der Waals surface area (Å²) in [5, 5.41) is 11.3. The van der Waals surface area contributed by atoms with Crippen LogP contribution in [0, 0.1) is 5.82 Å². The van der Waals surface area contributed by atoms with Crippen LogP contribution in [0.2, 0.25) is 0 Å². The Hall–Kier alpha value is -3.25. The minimum atomic E-state index is -0.298. The maximum atomic E-state index is 13.3. The lowest BCUT2D eigenvalue weighted by atomic mass is 10.1. The van der Waals surface area contributed by atoms with Crippen molar-refractivity contribution in [1.29, 1.82) is 0 Å². The Balaban J connectivity index is 1.66. The second kappa shape index (κ2) is 7.55. The van der Waals surface area contributed by atoms with E-state index in [-0.39, 0.29) is 11.7 Å². The quantitative estimate of drug-likeness (QED) is 0.549. The first kappa shape index (κ1) is 17.2. The molecule has 0 saturated carbocycles. The number of benzene rings is 2. The molecule has 4 aromatic rings. The molecule has 0 saturated heterocycles. The maximum absolute atomic E-state index is 13.3. The third kappa shape index (κ3) is 3.80. The van der Waals surface area contributed by atoms with Gasteiger partial charge in [0.15, 0.2) is 0 Å². The molecule has 4 nitrogen and oxygen atoms in total. The Morgan fingerprint density at radius 3 is 2.56 bits per heavy atom. The Morgan fingerprint density at radius 2 is 1.85 bits per heavy atom. The summed E-state index contributed by atoms with van der Waals surface area (Å²) in [6.07, 6.45) is 1.89. The topological polar surface area (TPSA) is 46.9 Å². The van der Waals surface area contributed by atoms with Crippen LogP contribution in [0.4, 0.5) is 4.39 Å². The van der Waals surface area contributed by atoms with E-state index in [1.165, 1.54) is 23.5 Å². The summed E-state index contributed by atoms with van der Waals surface area (Å²) in [5.41, 5.74) is 3.92. The number of hydrogen-bond acceptors (Lipinski definition) is 3. The van der Waals surface area contributed by atoms with Crippen LogP contribution in [0.25, 0.3) is 16.9 Å². The fourth-order valence-corrected chi connectivity index (χ4v) is 3.41. The highest BCUT2D eigenvalue weighted by Gasteiger charge is 2.14. The predicted molar refractivity (Wildman–Crippen MR) is 104 cm³/mol. The van der Waals surface area contributed by atoms with E-state index < -0.39 is 0 Å². The SMILES string of the molecule is O=C(NCc1cn(-c2ccccc2)nc1-c1ccc(F)cc1)c1ccsc1. The fourth-order valence-electron chi connectivity index (χ4n) is 2.77. The van der Waals surface area contributed by atoms with Gasteiger partial charge in [-0.15, -0.1) is 0 Å². The zero-order valence-electron chi connectivity index (χ0n) is 14.3. The first-order valence-electron chi connectivity index (χ1n) is 8.41. The van der Waals surface area contributed by atoms with Crippen LogP contribution >= 0.6 is 11.3 Å². The highest BCUT2D eigenvalue weighted by atomic mass is 32.1. The van der Waals surface area contributed by atoms with Crippen molar-refractivity contribution < 1.29 is 9.18 Å². The van der Waals surface area contributed by atoms with Crippen LogP contribution in [0.3, 0.4) is 0 Å². The number of hydrogen-bond donors (Lipinski definition) is 1. The molecule has 27 heavy (non-hydrogen) atoms. The third-order valence-electron chi connectivity index (χ3n) is 4.15. The number of amides is 1. The highest BCUT2D eigenvalue weighted by molar-refractivity contribution is 7.08. The summed E-state index contributed by atoms with van der Waals surface area (Å²) in [5.74, 6) is -0.428. The van der Waals surface area contributed by atoms with Gasteiger partial charge in [-0.1, -0.05) is 18.2 Å². The summed E-state index contributed by atoms with van der Waals surface area (Å²) >= 11 is 1.48. The molecular formula is C21H16FN3OS. The van der Waals surface area contributed by atoms with Crippen molar-refractivity contribution in [2.75, 3.05) is 0 Å². The zero-order valence-corrected chi connectivity index (χ0v) is 15.1. The van der Waals surface area contributed by atoms with Crippen LogP contribution in [-0.4, -0.2) is 15.7 Å². The van der Waals surface area contributed by atoms with E-state index in [4.69, 9.17) is 0 Å². The predicted octanol–water partition coefficient (Wildman–Crippen LogP) is 4.67. The van der Waals surface area contributed by atoms with E-state index in [1.54, 1.807) is 22.9 Å². The largest absolute Gasteiger partial charge is 0.348 e. The van der Waals surface area contributed by atoms with E-state index in [0.717, 1.165) is 16.8 Å². The van der Waals surface area contributed by atoms with Crippen LogP contribution in [-0.2, 0) is 6.54 Å². The molecule has 4 rings (SSSR count). The molecule has 0 bridgehead atoms. The number of halogens is 1. The van der Waals surface area contributed by atoms with Crippen LogP contribution in [0.5, 0.6) is 0 Å². The van der Waals surface area contributed by atoms with E-state index in [0.29, 0.717) is 17.8 Å². The molecule has 2 aromatic carbocycles. The molecule has 0 spiro atoms. The second-order valence-corrected chi connectivity index (χ2v) is 6.76. The lowest BCUT2D eigenvalue weighted by molar-refractivity contribution is 0.0951. The molecule has 1 N–H and O–H groups in total. The van der Waals surface area contributed by atoms with Gasteiger partial charge in [0.2, 0.25) is 0 Å². The molecule has 2 heterocycles. The van der Waals surface area contributed by atoms with Gasteiger partial charge in [-0.25, -0.2) is 9.07 Å². The Morgan fingerprint density at radius 1 is 1.07 bits per heavy atom. The van der Waals surface area contributed by atoms with Gasteiger partial charge >= 0.3 is 0 Å².